The molecule has 0 atom stereocenters. The average Bonchev–Trinajstić information content (AvgIpc) is 3.09. The van der Waals surface area contributed by atoms with E-state index in [9.17, 15) is 18.0 Å². The monoisotopic (exact) mass is 422 g/mol. The molecule has 2 heterocycles. The summed E-state index contributed by atoms with van der Waals surface area (Å²) in [5, 5.41) is 13.4. The van der Waals surface area contributed by atoms with E-state index in [4.69, 9.17) is 5.26 Å². The molecule has 2 aromatic heterocycles. The minimum Gasteiger partial charge on any atom is -0.328 e. The Balaban J connectivity index is 2.00. The second-order valence-corrected chi connectivity index (χ2v) is 7.30. The molecule has 31 heavy (non-hydrogen) atoms. The highest BCUT2D eigenvalue weighted by Crippen LogP contribution is 2.34. The fourth-order valence-electron chi connectivity index (χ4n) is 3.86. The van der Waals surface area contributed by atoms with Crippen molar-refractivity contribution >= 4 is 5.65 Å². The zero-order valence-electron chi connectivity index (χ0n) is 16.9. The highest BCUT2D eigenvalue weighted by atomic mass is 19.4. The molecule has 156 valence electrons. The maximum atomic E-state index is 13.1. The summed E-state index contributed by atoms with van der Waals surface area (Å²) in [6.45, 7) is 3.42. The van der Waals surface area contributed by atoms with Crippen molar-refractivity contribution < 1.29 is 13.2 Å². The number of benzene rings is 2. The number of fused-ring (bicyclic) bond motifs is 1. The van der Waals surface area contributed by atoms with Gasteiger partial charge in [0.2, 0.25) is 0 Å². The molecule has 0 aliphatic heterocycles. The van der Waals surface area contributed by atoms with Crippen molar-refractivity contribution in [1.82, 2.24) is 14.2 Å². The van der Waals surface area contributed by atoms with Crippen LogP contribution in [-0.4, -0.2) is 14.2 Å². The summed E-state index contributed by atoms with van der Waals surface area (Å²) < 4.78 is 42.0. The Kier molecular flexibility index (Phi) is 4.69. The molecule has 0 radical (unpaired) electrons. The molecule has 4 aromatic rings. The maximum Gasteiger partial charge on any atom is 0.416 e. The van der Waals surface area contributed by atoms with Crippen molar-refractivity contribution in [3.8, 4) is 28.5 Å². The number of aromatic nitrogens is 3. The molecule has 0 bridgehead atoms. The Morgan fingerprint density at radius 2 is 1.55 bits per heavy atom. The molecule has 0 N–H and O–H groups in total. The van der Waals surface area contributed by atoms with Crippen LogP contribution >= 0.6 is 0 Å². The van der Waals surface area contributed by atoms with Crippen LogP contribution in [0, 0.1) is 25.2 Å². The summed E-state index contributed by atoms with van der Waals surface area (Å²) in [7, 11) is 1.78. The highest BCUT2D eigenvalue weighted by Gasteiger charge is 2.30. The normalized spacial score (nSPS) is 11.6. The molecule has 4 rings (SSSR count). The van der Waals surface area contributed by atoms with Gasteiger partial charge in [-0.15, -0.1) is 0 Å². The van der Waals surface area contributed by atoms with Gasteiger partial charge in [-0.3, -0.25) is 4.79 Å². The van der Waals surface area contributed by atoms with Crippen LogP contribution in [0.1, 0.15) is 22.4 Å². The molecule has 0 saturated heterocycles. The van der Waals surface area contributed by atoms with Gasteiger partial charge in [0.25, 0.3) is 5.56 Å². The van der Waals surface area contributed by atoms with E-state index in [-0.39, 0.29) is 5.56 Å². The first-order valence-corrected chi connectivity index (χ1v) is 9.40. The van der Waals surface area contributed by atoms with E-state index in [0.717, 1.165) is 17.7 Å². The third-order valence-corrected chi connectivity index (χ3v) is 5.35. The fourth-order valence-corrected chi connectivity index (χ4v) is 3.86. The number of alkyl halides is 3. The average molecular weight is 422 g/mol. The third kappa shape index (κ3) is 3.28. The van der Waals surface area contributed by atoms with Crippen molar-refractivity contribution in [1.29, 1.82) is 5.26 Å². The number of aryl methyl sites for hydroxylation is 2. The number of nitriles is 1. The van der Waals surface area contributed by atoms with E-state index in [2.05, 4.69) is 11.2 Å². The van der Waals surface area contributed by atoms with E-state index < -0.39 is 11.7 Å². The van der Waals surface area contributed by atoms with E-state index in [1.54, 1.807) is 45.2 Å². The molecule has 0 aliphatic carbocycles. The van der Waals surface area contributed by atoms with Crippen molar-refractivity contribution in [3.63, 3.8) is 0 Å². The van der Waals surface area contributed by atoms with E-state index in [1.807, 2.05) is 4.57 Å². The van der Waals surface area contributed by atoms with Gasteiger partial charge in [-0.2, -0.15) is 28.0 Å². The molecule has 0 spiro atoms. The molecule has 0 fully saturated rings. The minimum absolute atomic E-state index is 0.311. The predicted octanol–water partition coefficient (Wildman–Crippen LogP) is 4.87. The van der Waals surface area contributed by atoms with Gasteiger partial charge in [-0.1, -0.05) is 24.3 Å². The summed E-state index contributed by atoms with van der Waals surface area (Å²) in [5.41, 5.74) is 3.44. The molecule has 0 saturated carbocycles. The van der Waals surface area contributed by atoms with Crippen LogP contribution in [0.3, 0.4) is 0 Å². The fraction of sp³-hybridized carbons (Fsp3) is 0.174. The van der Waals surface area contributed by atoms with Gasteiger partial charge in [0.05, 0.1) is 28.6 Å². The lowest BCUT2D eigenvalue weighted by Gasteiger charge is -2.15. The van der Waals surface area contributed by atoms with Gasteiger partial charge < -0.3 is 4.57 Å². The summed E-state index contributed by atoms with van der Waals surface area (Å²) >= 11 is 0. The smallest absolute Gasteiger partial charge is 0.328 e. The standard InChI is InChI=1S/C23H17F3N4O/c1-13-20(17-6-4-15(12-27)5-7-17)29(3)21-19(14(2)28-30(21)22(13)31)16-8-10-18(11-9-16)23(24,25)26/h4-11H,1-3H3. The Morgan fingerprint density at radius 1 is 0.968 bits per heavy atom. The second-order valence-electron chi connectivity index (χ2n) is 7.30. The molecule has 5 nitrogen and oxygen atoms in total. The Labute approximate surface area is 175 Å². The topological polar surface area (TPSA) is 63.1 Å². The first-order chi connectivity index (χ1) is 14.6. The molecule has 0 aliphatic rings. The van der Waals surface area contributed by atoms with E-state index in [1.165, 1.54) is 16.6 Å². The molecule has 2 aromatic carbocycles. The SMILES string of the molecule is Cc1nn2c(=O)c(C)c(-c3ccc(C#N)cc3)n(C)c2c1-c1ccc(C(F)(F)F)cc1. The minimum atomic E-state index is -4.43. The summed E-state index contributed by atoms with van der Waals surface area (Å²) in [6, 6.07) is 13.7. The van der Waals surface area contributed by atoms with Gasteiger partial charge in [-0.05, 0) is 49.2 Å². The van der Waals surface area contributed by atoms with Gasteiger partial charge in [0.1, 0.15) is 5.65 Å². The van der Waals surface area contributed by atoms with Crippen LogP contribution in [0.25, 0.3) is 28.0 Å². The van der Waals surface area contributed by atoms with Crippen LogP contribution in [0.15, 0.2) is 53.3 Å². The van der Waals surface area contributed by atoms with Crippen molar-refractivity contribution in [2.45, 2.75) is 20.0 Å². The van der Waals surface area contributed by atoms with E-state index in [0.29, 0.717) is 39.3 Å². The van der Waals surface area contributed by atoms with E-state index >= 15 is 0 Å². The zero-order chi connectivity index (χ0) is 22.5. The van der Waals surface area contributed by atoms with Gasteiger partial charge in [-0.25, -0.2) is 0 Å². The van der Waals surface area contributed by atoms with Crippen LogP contribution in [0.5, 0.6) is 0 Å². The van der Waals surface area contributed by atoms with Gasteiger partial charge in [0.15, 0.2) is 0 Å². The second kappa shape index (κ2) is 7.13. The largest absolute Gasteiger partial charge is 0.416 e. The van der Waals surface area contributed by atoms with Crippen LogP contribution in [0.2, 0.25) is 0 Å². The van der Waals surface area contributed by atoms with Crippen LogP contribution < -0.4 is 5.56 Å². The number of hydrogen-bond donors (Lipinski definition) is 0. The number of halogens is 3. The molecule has 0 unspecified atom stereocenters. The Bertz CT molecular complexity index is 1400. The summed E-state index contributed by atoms with van der Waals surface area (Å²) in [4.78, 5) is 13.1. The van der Waals surface area contributed by atoms with Gasteiger partial charge in [0, 0.05) is 18.2 Å². The van der Waals surface area contributed by atoms with Crippen LogP contribution in [0.4, 0.5) is 13.2 Å². The lowest BCUT2D eigenvalue weighted by molar-refractivity contribution is -0.137. The van der Waals surface area contributed by atoms with Crippen molar-refractivity contribution in [3.05, 3.63) is 81.3 Å². The first kappa shape index (κ1) is 20.4. The number of nitrogens with zero attached hydrogens (tertiary/aromatic N) is 4. The molecule has 8 heteroatoms. The quantitative estimate of drug-likeness (QED) is 0.463. The lowest BCUT2D eigenvalue weighted by Crippen LogP contribution is -2.22. The Hall–Kier alpha value is -3.86. The summed E-state index contributed by atoms with van der Waals surface area (Å²) in [6.07, 6.45) is -4.43. The number of hydrogen-bond acceptors (Lipinski definition) is 3. The molecule has 0 amide bonds. The summed E-state index contributed by atoms with van der Waals surface area (Å²) in [5.74, 6) is 0. The van der Waals surface area contributed by atoms with Crippen molar-refractivity contribution in [2.24, 2.45) is 7.05 Å². The van der Waals surface area contributed by atoms with Crippen molar-refractivity contribution in [2.75, 3.05) is 0 Å². The van der Waals surface area contributed by atoms with Gasteiger partial charge >= 0.3 is 6.18 Å². The lowest BCUT2D eigenvalue weighted by atomic mass is 10.0. The molecular formula is C23H17F3N4O. The molecular weight excluding hydrogens is 405 g/mol. The maximum absolute atomic E-state index is 13.1. The zero-order valence-corrected chi connectivity index (χ0v) is 16.9. The predicted molar refractivity (Wildman–Crippen MR) is 110 cm³/mol. The number of rotatable bonds is 2. The Morgan fingerprint density at radius 3 is 2.10 bits per heavy atom. The third-order valence-electron chi connectivity index (χ3n) is 5.35. The first-order valence-electron chi connectivity index (χ1n) is 9.40. The van der Waals surface area contributed by atoms with Crippen LogP contribution in [-0.2, 0) is 13.2 Å². The highest BCUT2D eigenvalue weighted by molar-refractivity contribution is 5.82.